The van der Waals surface area contributed by atoms with Crippen LogP contribution in [0.5, 0.6) is 11.5 Å². The number of fused-ring (bicyclic) bond motifs is 1. The molecule has 3 fully saturated rings. The summed E-state index contributed by atoms with van der Waals surface area (Å²) in [5.41, 5.74) is 0.967. The van der Waals surface area contributed by atoms with Gasteiger partial charge < -0.3 is 24.6 Å². The van der Waals surface area contributed by atoms with E-state index in [0.29, 0.717) is 24.6 Å². The second-order valence-electron chi connectivity index (χ2n) is 13.3. The van der Waals surface area contributed by atoms with Gasteiger partial charge >= 0.3 is 0 Å². The van der Waals surface area contributed by atoms with Crippen molar-refractivity contribution in [1.29, 1.82) is 0 Å². The molecule has 0 radical (unpaired) electrons. The van der Waals surface area contributed by atoms with Gasteiger partial charge in [-0.05, 0) is 76.8 Å². The van der Waals surface area contributed by atoms with Crippen LogP contribution >= 0.6 is 0 Å². The topological polar surface area (TPSA) is 62.8 Å². The molecule has 0 bridgehead atoms. The summed E-state index contributed by atoms with van der Waals surface area (Å²) >= 11 is 0. The van der Waals surface area contributed by atoms with Crippen LogP contribution < -0.4 is 14.8 Å². The molecule has 3 heterocycles. The minimum absolute atomic E-state index is 0.426. The first kappa shape index (κ1) is 30.3. The summed E-state index contributed by atoms with van der Waals surface area (Å²) in [5, 5.41) is 4.89. The zero-order valence-corrected chi connectivity index (χ0v) is 26.5. The quantitative estimate of drug-likeness (QED) is 0.275. The molecule has 7 nitrogen and oxygen atoms in total. The number of hydrogen-bond acceptors (Lipinski definition) is 7. The molecule has 41 heavy (non-hydrogen) atoms. The Morgan fingerprint density at radius 2 is 1.73 bits per heavy atom. The molecule has 5 rings (SSSR count). The van der Waals surface area contributed by atoms with Gasteiger partial charge in [-0.3, -0.25) is 0 Å². The lowest BCUT2D eigenvalue weighted by molar-refractivity contribution is 0.177. The first-order valence-electron chi connectivity index (χ1n) is 16.7. The van der Waals surface area contributed by atoms with E-state index >= 15 is 0 Å². The fourth-order valence-corrected chi connectivity index (χ4v) is 7.17. The van der Waals surface area contributed by atoms with Gasteiger partial charge in [0.05, 0.1) is 19.2 Å². The fraction of sp³-hybridized carbons (Fsp3) is 0.765. The second kappa shape index (κ2) is 14.4. The number of ether oxygens (including phenoxy) is 2. The number of aromatic nitrogens is 2. The van der Waals surface area contributed by atoms with Crippen molar-refractivity contribution >= 4 is 16.7 Å². The molecule has 1 aromatic heterocycles. The Kier molecular flexibility index (Phi) is 10.6. The fourth-order valence-electron chi connectivity index (χ4n) is 7.17. The number of methoxy groups -OCH3 is 1. The Bertz CT molecular complexity index is 1110. The Hall–Kier alpha value is -2.12. The third-order valence-corrected chi connectivity index (χ3v) is 10.2. The van der Waals surface area contributed by atoms with Gasteiger partial charge in [-0.25, -0.2) is 9.97 Å². The highest BCUT2D eigenvalue weighted by Gasteiger charge is 2.27. The average molecular weight is 566 g/mol. The minimum atomic E-state index is 0.426. The number of nitrogens with zero attached hydrogens (tertiary/aromatic N) is 4. The van der Waals surface area contributed by atoms with E-state index in [2.05, 4.69) is 54.9 Å². The molecule has 0 amide bonds. The molecule has 2 aliphatic heterocycles. The van der Waals surface area contributed by atoms with E-state index < -0.39 is 0 Å². The highest BCUT2D eigenvalue weighted by molar-refractivity contribution is 5.92. The van der Waals surface area contributed by atoms with E-state index in [-0.39, 0.29) is 0 Å². The molecule has 2 saturated heterocycles. The van der Waals surface area contributed by atoms with Crippen LogP contribution in [0.15, 0.2) is 12.1 Å². The molecule has 1 saturated carbocycles. The summed E-state index contributed by atoms with van der Waals surface area (Å²) in [6.07, 6.45) is 12.2. The maximum absolute atomic E-state index is 6.36. The van der Waals surface area contributed by atoms with E-state index in [1.165, 1.54) is 58.0 Å². The van der Waals surface area contributed by atoms with Gasteiger partial charge in [-0.1, -0.05) is 39.5 Å². The molecule has 1 aromatic carbocycles. The molecule has 2 unspecified atom stereocenters. The Balaban J connectivity index is 1.30. The van der Waals surface area contributed by atoms with Crippen molar-refractivity contribution in [3.8, 4) is 11.5 Å². The van der Waals surface area contributed by atoms with E-state index in [0.717, 1.165) is 84.8 Å². The third kappa shape index (κ3) is 7.64. The Labute approximate surface area is 248 Å². The van der Waals surface area contributed by atoms with Gasteiger partial charge in [0.2, 0.25) is 0 Å². The van der Waals surface area contributed by atoms with Crippen LogP contribution in [0.25, 0.3) is 10.9 Å². The van der Waals surface area contributed by atoms with Crippen molar-refractivity contribution < 1.29 is 9.47 Å². The summed E-state index contributed by atoms with van der Waals surface area (Å²) in [6, 6.07) is 5.23. The number of benzene rings is 1. The summed E-state index contributed by atoms with van der Waals surface area (Å²) in [5.74, 6) is 5.65. The van der Waals surface area contributed by atoms with Crippen molar-refractivity contribution in [2.45, 2.75) is 110 Å². The van der Waals surface area contributed by atoms with Crippen molar-refractivity contribution in [2.24, 2.45) is 11.8 Å². The number of piperidine rings is 1. The zero-order valence-electron chi connectivity index (χ0n) is 26.5. The molecule has 2 aromatic rings. The standard InChI is InChI=1S/C34H55N5O2/c1-6-25(4)27-13-17-38(23-27)16-10-20-41-32-22-30-29(21-31(32)40-5)34(35-28-14-18-39(19-15-28)24(2)3)37-33(36-30)26-11-8-7-9-12-26/h21-22,24-28H,6-20,23H2,1-5H3,(H,35,36,37). The van der Waals surface area contributed by atoms with Crippen LogP contribution in [0, 0.1) is 11.8 Å². The lowest BCUT2D eigenvalue weighted by Crippen LogP contribution is -2.42. The van der Waals surface area contributed by atoms with E-state index in [1.807, 2.05) is 0 Å². The molecule has 3 aliphatic rings. The number of hydrogen-bond donors (Lipinski definition) is 1. The predicted molar refractivity (Wildman–Crippen MR) is 169 cm³/mol. The monoisotopic (exact) mass is 565 g/mol. The van der Waals surface area contributed by atoms with Crippen LogP contribution in [-0.2, 0) is 0 Å². The predicted octanol–water partition coefficient (Wildman–Crippen LogP) is 7.11. The van der Waals surface area contributed by atoms with E-state index in [4.69, 9.17) is 19.4 Å². The van der Waals surface area contributed by atoms with Gasteiger partial charge in [0, 0.05) is 55.6 Å². The molecule has 1 aliphatic carbocycles. The number of likely N-dealkylation sites (tertiary alicyclic amines) is 2. The summed E-state index contributed by atoms with van der Waals surface area (Å²) < 4.78 is 12.2. The largest absolute Gasteiger partial charge is 0.493 e. The molecule has 0 spiro atoms. The number of anilines is 1. The minimum Gasteiger partial charge on any atom is -0.493 e. The normalized spacial score (nSPS) is 22.4. The molecule has 1 N–H and O–H groups in total. The van der Waals surface area contributed by atoms with Crippen molar-refractivity contribution in [3.05, 3.63) is 18.0 Å². The Morgan fingerprint density at radius 3 is 2.44 bits per heavy atom. The molecule has 228 valence electrons. The Morgan fingerprint density at radius 1 is 0.951 bits per heavy atom. The van der Waals surface area contributed by atoms with Gasteiger partial charge in [0.25, 0.3) is 0 Å². The lowest BCUT2D eigenvalue weighted by atomic mass is 9.88. The van der Waals surface area contributed by atoms with Crippen molar-refractivity contribution in [1.82, 2.24) is 19.8 Å². The van der Waals surface area contributed by atoms with E-state index in [9.17, 15) is 0 Å². The van der Waals surface area contributed by atoms with Gasteiger partial charge in [0.15, 0.2) is 11.5 Å². The van der Waals surface area contributed by atoms with Crippen LogP contribution in [0.2, 0.25) is 0 Å². The van der Waals surface area contributed by atoms with Crippen LogP contribution in [0.1, 0.15) is 104 Å². The van der Waals surface area contributed by atoms with Crippen LogP contribution in [0.4, 0.5) is 5.82 Å². The number of rotatable bonds is 12. The van der Waals surface area contributed by atoms with Crippen molar-refractivity contribution in [2.75, 3.05) is 51.8 Å². The summed E-state index contributed by atoms with van der Waals surface area (Å²) in [6.45, 7) is 15.8. The molecular formula is C34H55N5O2. The SMILES string of the molecule is CCC(C)C1CCN(CCCOc2cc3nc(C4CCCCC4)nc(NC4CCN(C(C)C)CC4)c3cc2OC)C1. The smallest absolute Gasteiger partial charge is 0.163 e. The van der Waals surface area contributed by atoms with Gasteiger partial charge in [-0.15, -0.1) is 0 Å². The molecular weight excluding hydrogens is 510 g/mol. The molecule has 7 heteroatoms. The first-order chi connectivity index (χ1) is 19.9. The maximum Gasteiger partial charge on any atom is 0.163 e. The van der Waals surface area contributed by atoms with Crippen molar-refractivity contribution in [3.63, 3.8) is 0 Å². The maximum atomic E-state index is 6.36. The third-order valence-electron chi connectivity index (χ3n) is 10.2. The van der Waals surface area contributed by atoms with Gasteiger partial charge in [0.1, 0.15) is 11.6 Å². The number of nitrogens with one attached hydrogen (secondary N) is 1. The van der Waals surface area contributed by atoms with Crippen LogP contribution in [-0.4, -0.2) is 78.3 Å². The van der Waals surface area contributed by atoms with Crippen LogP contribution in [0.3, 0.4) is 0 Å². The summed E-state index contributed by atoms with van der Waals surface area (Å²) in [4.78, 5) is 15.5. The summed E-state index contributed by atoms with van der Waals surface area (Å²) in [7, 11) is 1.74. The first-order valence-corrected chi connectivity index (χ1v) is 16.7. The highest BCUT2D eigenvalue weighted by atomic mass is 16.5. The average Bonchev–Trinajstić information content (AvgIpc) is 3.48. The van der Waals surface area contributed by atoms with Gasteiger partial charge in [-0.2, -0.15) is 0 Å². The highest BCUT2D eigenvalue weighted by Crippen LogP contribution is 2.38. The van der Waals surface area contributed by atoms with E-state index in [1.54, 1.807) is 7.11 Å². The molecule has 2 atom stereocenters. The lowest BCUT2D eigenvalue weighted by Gasteiger charge is -2.35. The second-order valence-corrected chi connectivity index (χ2v) is 13.3. The zero-order chi connectivity index (χ0) is 28.8.